The van der Waals surface area contributed by atoms with Crippen LogP contribution in [0.25, 0.3) is 77.2 Å². The van der Waals surface area contributed by atoms with Gasteiger partial charge in [-0.25, -0.2) is 0 Å². The van der Waals surface area contributed by atoms with Gasteiger partial charge in [0.1, 0.15) is 0 Å². The maximum Gasteiger partial charge on any atom is 0.179 e. The lowest BCUT2D eigenvalue weighted by Gasteiger charge is -2.34. The summed E-state index contributed by atoms with van der Waals surface area (Å²) in [4.78, 5) is 0. The lowest BCUT2D eigenvalue weighted by molar-refractivity contribution is 1.13. The van der Waals surface area contributed by atoms with Gasteiger partial charge in [0.2, 0.25) is 0 Å². The summed E-state index contributed by atoms with van der Waals surface area (Å²) in [5.41, 5.74) is 11.8. The second kappa shape index (κ2) is 15.2. The highest BCUT2D eigenvalue weighted by molar-refractivity contribution is 7.20. The van der Waals surface area contributed by atoms with Gasteiger partial charge in [-0.15, -0.1) is 0 Å². The Morgan fingerprint density at radius 1 is 0.254 bits per heavy atom. The molecular formula is C60H42N2Si. The zero-order valence-electron chi connectivity index (χ0n) is 34.6. The van der Waals surface area contributed by atoms with Gasteiger partial charge >= 0.3 is 0 Å². The van der Waals surface area contributed by atoms with Crippen molar-refractivity contribution in [1.82, 2.24) is 9.13 Å². The quantitative estimate of drug-likeness (QED) is 0.107. The van der Waals surface area contributed by atoms with E-state index in [2.05, 4.69) is 264 Å². The summed E-state index contributed by atoms with van der Waals surface area (Å²) in [5.74, 6) is 0. The molecule has 10 aromatic carbocycles. The Morgan fingerprint density at radius 2 is 0.730 bits per heavy atom. The molecule has 0 saturated carbocycles. The van der Waals surface area contributed by atoms with E-state index in [-0.39, 0.29) is 0 Å². The molecule has 0 fully saturated rings. The Labute approximate surface area is 368 Å². The molecule has 0 spiro atoms. The van der Waals surface area contributed by atoms with E-state index < -0.39 is 8.07 Å². The predicted molar refractivity (Wildman–Crippen MR) is 270 cm³/mol. The lowest BCUT2D eigenvalue weighted by Crippen LogP contribution is -2.74. The van der Waals surface area contributed by atoms with E-state index in [1.54, 1.807) is 0 Å². The Morgan fingerprint density at radius 3 is 1.33 bits per heavy atom. The fourth-order valence-electron chi connectivity index (χ4n) is 10.3. The minimum Gasteiger partial charge on any atom is -0.307 e. The zero-order valence-corrected chi connectivity index (χ0v) is 35.6. The van der Waals surface area contributed by atoms with Crippen molar-refractivity contribution >= 4 is 72.4 Å². The van der Waals surface area contributed by atoms with Gasteiger partial charge in [-0.05, 0) is 73.8 Å². The fraction of sp³-hybridized carbons (Fsp3) is 0. The molecule has 0 saturated heterocycles. The van der Waals surface area contributed by atoms with Gasteiger partial charge in [0, 0.05) is 27.1 Å². The van der Waals surface area contributed by atoms with Crippen LogP contribution in [-0.2, 0) is 0 Å². The topological polar surface area (TPSA) is 9.86 Å². The smallest absolute Gasteiger partial charge is 0.179 e. The van der Waals surface area contributed by atoms with Crippen LogP contribution >= 0.6 is 0 Å². The molecule has 0 unspecified atom stereocenters. The lowest BCUT2D eigenvalue weighted by atomic mass is 9.97. The SMILES string of the molecule is c1ccc(-c2ccc(-n3c4ccccc4c4cccc(-n5c6ccccc6c6ccc([Si](c7ccccc7)(c7ccccc7)c7ccccc7)cc65)c43)c(-c3ccccc3)c2)cc1. The third-order valence-electron chi connectivity index (χ3n) is 13.1. The Kier molecular flexibility index (Phi) is 8.87. The summed E-state index contributed by atoms with van der Waals surface area (Å²) in [6, 6.07) is 94.3. The molecule has 2 aromatic heterocycles. The van der Waals surface area contributed by atoms with Crippen LogP contribution in [0.2, 0.25) is 0 Å². The summed E-state index contributed by atoms with van der Waals surface area (Å²) in [6.45, 7) is 0. The summed E-state index contributed by atoms with van der Waals surface area (Å²) >= 11 is 0. The number of hydrogen-bond donors (Lipinski definition) is 0. The first-order valence-electron chi connectivity index (χ1n) is 21.8. The van der Waals surface area contributed by atoms with Crippen LogP contribution in [0.4, 0.5) is 0 Å². The second-order valence-electron chi connectivity index (χ2n) is 16.4. The molecule has 2 nitrogen and oxygen atoms in total. The van der Waals surface area contributed by atoms with Crippen molar-refractivity contribution in [1.29, 1.82) is 0 Å². The van der Waals surface area contributed by atoms with E-state index in [1.807, 2.05) is 0 Å². The highest BCUT2D eigenvalue weighted by Crippen LogP contribution is 2.42. The van der Waals surface area contributed by atoms with Gasteiger partial charge in [0.05, 0.1) is 33.4 Å². The van der Waals surface area contributed by atoms with Gasteiger partial charge in [-0.1, -0.05) is 218 Å². The van der Waals surface area contributed by atoms with Crippen LogP contribution in [0.1, 0.15) is 0 Å². The molecule has 0 aliphatic carbocycles. The van der Waals surface area contributed by atoms with Crippen molar-refractivity contribution in [2.75, 3.05) is 0 Å². The number of nitrogens with zero attached hydrogens (tertiary/aromatic N) is 2. The maximum absolute atomic E-state index is 2.83. The van der Waals surface area contributed by atoms with E-state index in [9.17, 15) is 0 Å². The van der Waals surface area contributed by atoms with Crippen LogP contribution in [0.15, 0.2) is 255 Å². The summed E-state index contributed by atoms with van der Waals surface area (Å²) in [7, 11) is -2.83. The van der Waals surface area contributed by atoms with Crippen molar-refractivity contribution in [2.24, 2.45) is 0 Å². The van der Waals surface area contributed by atoms with Crippen molar-refractivity contribution < 1.29 is 0 Å². The highest BCUT2D eigenvalue weighted by Gasteiger charge is 2.41. The van der Waals surface area contributed by atoms with Crippen molar-refractivity contribution in [2.45, 2.75) is 0 Å². The molecule has 296 valence electrons. The van der Waals surface area contributed by atoms with Crippen LogP contribution < -0.4 is 20.7 Å². The van der Waals surface area contributed by atoms with E-state index >= 15 is 0 Å². The third-order valence-corrected chi connectivity index (χ3v) is 17.8. The molecule has 0 atom stereocenters. The minimum atomic E-state index is -2.83. The molecule has 0 aliphatic rings. The van der Waals surface area contributed by atoms with Crippen LogP contribution in [0, 0.1) is 0 Å². The van der Waals surface area contributed by atoms with Gasteiger partial charge < -0.3 is 9.13 Å². The normalized spacial score (nSPS) is 11.8. The molecule has 3 heteroatoms. The first-order chi connectivity index (χ1) is 31.3. The number of fused-ring (bicyclic) bond motifs is 6. The Bertz CT molecular complexity index is 3500. The minimum absolute atomic E-state index is 1.14. The Balaban J connectivity index is 1.20. The zero-order chi connectivity index (χ0) is 41.7. The summed E-state index contributed by atoms with van der Waals surface area (Å²) < 4.78 is 5.07. The van der Waals surface area contributed by atoms with E-state index in [1.165, 1.54) is 86.6 Å². The van der Waals surface area contributed by atoms with E-state index in [4.69, 9.17) is 0 Å². The molecule has 63 heavy (non-hydrogen) atoms. The molecule has 0 radical (unpaired) electrons. The maximum atomic E-state index is 2.55. The molecule has 0 amide bonds. The largest absolute Gasteiger partial charge is 0.307 e. The summed E-state index contributed by atoms with van der Waals surface area (Å²) in [6.07, 6.45) is 0. The average Bonchev–Trinajstić information content (AvgIpc) is 3.88. The molecular weight excluding hydrogens is 777 g/mol. The standard InChI is InChI=1S/C60H42N2Si/c1-6-21-43(22-7-1)45-37-40-57(54(41-45)44-23-8-2-9-24-44)62-56-35-19-17-32-51(56)53-33-20-36-58(60(53)62)61-55-34-18-16-31-50(55)52-39-38-49(42-59(52)61)63(46-25-10-3-11-26-46,47-27-12-4-13-28-47)48-29-14-5-15-30-48/h1-42H. The third kappa shape index (κ3) is 5.85. The van der Waals surface area contributed by atoms with Crippen LogP contribution in [0.5, 0.6) is 0 Å². The fourth-order valence-corrected chi connectivity index (χ4v) is 15.1. The highest BCUT2D eigenvalue weighted by atomic mass is 28.3. The predicted octanol–water partition coefficient (Wildman–Crippen LogP) is 12.6. The monoisotopic (exact) mass is 818 g/mol. The van der Waals surface area contributed by atoms with Crippen LogP contribution in [-0.4, -0.2) is 17.2 Å². The van der Waals surface area contributed by atoms with Crippen molar-refractivity contribution in [3.63, 3.8) is 0 Å². The van der Waals surface area contributed by atoms with Gasteiger partial charge in [0.15, 0.2) is 8.07 Å². The van der Waals surface area contributed by atoms with Gasteiger partial charge in [-0.2, -0.15) is 0 Å². The summed E-state index contributed by atoms with van der Waals surface area (Å²) in [5, 5.41) is 10.4. The molecule has 12 aromatic rings. The number of para-hydroxylation sites is 3. The molecule has 0 aliphatic heterocycles. The molecule has 0 N–H and O–H groups in total. The van der Waals surface area contributed by atoms with E-state index in [0.717, 1.165) is 11.4 Å². The number of benzene rings is 10. The van der Waals surface area contributed by atoms with Crippen molar-refractivity contribution in [3.8, 4) is 33.6 Å². The average molecular weight is 819 g/mol. The number of rotatable bonds is 8. The van der Waals surface area contributed by atoms with Crippen LogP contribution in [0.3, 0.4) is 0 Å². The Hall–Kier alpha value is -7.98. The van der Waals surface area contributed by atoms with Gasteiger partial charge in [0.25, 0.3) is 0 Å². The van der Waals surface area contributed by atoms with E-state index in [0.29, 0.717) is 0 Å². The first-order valence-corrected chi connectivity index (χ1v) is 23.8. The van der Waals surface area contributed by atoms with Gasteiger partial charge in [-0.3, -0.25) is 0 Å². The molecule has 2 heterocycles. The first kappa shape index (κ1) is 36.8. The molecule has 0 bridgehead atoms. The molecule has 12 rings (SSSR count). The number of aromatic nitrogens is 2. The second-order valence-corrected chi connectivity index (χ2v) is 20.2. The van der Waals surface area contributed by atoms with Crippen molar-refractivity contribution in [3.05, 3.63) is 255 Å². The number of hydrogen-bond acceptors (Lipinski definition) is 0.